The van der Waals surface area contributed by atoms with Gasteiger partial charge in [0.2, 0.25) is 5.91 Å². The molecule has 1 fully saturated rings. The number of benzene rings is 1. The number of aromatic nitrogens is 2. The van der Waals surface area contributed by atoms with E-state index in [0.29, 0.717) is 11.6 Å². The molecule has 0 bridgehead atoms. The van der Waals surface area contributed by atoms with Gasteiger partial charge in [0.15, 0.2) is 0 Å². The average Bonchev–Trinajstić information content (AvgIpc) is 3.34. The van der Waals surface area contributed by atoms with Crippen LogP contribution < -0.4 is 10.6 Å². The summed E-state index contributed by atoms with van der Waals surface area (Å²) in [5.74, 6) is 0.949. The van der Waals surface area contributed by atoms with E-state index in [-0.39, 0.29) is 30.3 Å². The molecule has 6 heteroatoms. The van der Waals surface area contributed by atoms with Gasteiger partial charge >= 0.3 is 0 Å². The number of nitrogens with one attached hydrogen (secondary N) is 2. The van der Waals surface area contributed by atoms with Crippen molar-refractivity contribution in [2.75, 3.05) is 0 Å². The first kappa shape index (κ1) is 17.9. The smallest absolute Gasteiger partial charge is 0.252 e. The Kier molecular flexibility index (Phi) is 4.54. The van der Waals surface area contributed by atoms with E-state index < -0.39 is 0 Å². The summed E-state index contributed by atoms with van der Waals surface area (Å²) < 4.78 is 2.28. The SMILES string of the molecule is O=C(CC1NC(=O)c2ccccc21)NC1CCC(n2cccc3ccnc2-3)CC1. The molecule has 1 aromatic carbocycles. The van der Waals surface area contributed by atoms with Crippen LogP contribution in [0, 0.1) is 0 Å². The van der Waals surface area contributed by atoms with Gasteiger partial charge in [-0.15, -0.1) is 0 Å². The molecular weight excluding hydrogens is 364 g/mol. The fourth-order valence-electron chi connectivity index (χ4n) is 4.74. The summed E-state index contributed by atoms with van der Waals surface area (Å²) in [7, 11) is 0. The van der Waals surface area contributed by atoms with E-state index >= 15 is 0 Å². The first-order valence-corrected chi connectivity index (χ1v) is 10.3. The number of carbonyl (C=O) groups excluding carboxylic acids is 2. The van der Waals surface area contributed by atoms with Gasteiger partial charge in [-0.2, -0.15) is 0 Å². The summed E-state index contributed by atoms with van der Waals surface area (Å²) in [5, 5.41) is 6.10. The van der Waals surface area contributed by atoms with Crippen LogP contribution in [0.25, 0.3) is 11.4 Å². The van der Waals surface area contributed by atoms with E-state index in [4.69, 9.17) is 0 Å². The molecular formula is C23H24N4O2. The lowest BCUT2D eigenvalue weighted by atomic mass is 9.90. The van der Waals surface area contributed by atoms with Crippen LogP contribution in [-0.4, -0.2) is 27.4 Å². The minimum Gasteiger partial charge on any atom is -0.353 e. The number of carbonyl (C=O) groups is 2. The molecule has 0 aromatic heterocycles. The van der Waals surface area contributed by atoms with Crippen LogP contribution in [0.3, 0.4) is 0 Å². The zero-order chi connectivity index (χ0) is 19.8. The van der Waals surface area contributed by atoms with Crippen LogP contribution in [0.5, 0.6) is 0 Å². The third-order valence-electron chi connectivity index (χ3n) is 6.21. The lowest BCUT2D eigenvalue weighted by Crippen LogP contribution is -2.39. The molecule has 1 saturated carbocycles. The number of fused-ring (bicyclic) bond motifs is 2. The summed E-state index contributed by atoms with van der Waals surface area (Å²) in [6.45, 7) is 0. The largest absolute Gasteiger partial charge is 0.353 e. The van der Waals surface area contributed by atoms with Crippen LogP contribution in [0.1, 0.15) is 60.1 Å². The quantitative estimate of drug-likeness (QED) is 0.719. The lowest BCUT2D eigenvalue weighted by molar-refractivity contribution is -0.122. The minimum absolute atomic E-state index is 0.00269. The highest BCUT2D eigenvalue weighted by atomic mass is 16.2. The van der Waals surface area contributed by atoms with Crippen LogP contribution in [0.4, 0.5) is 0 Å². The van der Waals surface area contributed by atoms with E-state index in [1.165, 1.54) is 5.56 Å². The molecule has 29 heavy (non-hydrogen) atoms. The Bertz CT molecular complexity index is 1020. The van der Waals surface area contributed by atoms with E-state index in [0.717, 1.165) is 37.1 Å². The molecule has 0 radical (unpaired) electrons. The minimum atomic E-state index is -0.230. The molecule has 0 saturated heterocycles. The molecule has 3 heterocycles. The summed E-state index contributed by atoms with van der Waals surface area (Å²) in [4.78, 5) is 29.1. The Balaban J connectivity index is 1.17. The fourth-order valence-corrected chi connectivity index (χ4v) is 4.74. The normalized spacial score (nSPS) is 23.6. The van der Waals surface area contributed by atoms with Gasteiger partial charge in [0, 0.05) is 35.6 Å². The zero-order valence-corrected chi connectivity index (χ0v) is 16.2. The maximum absolute atomic E-state index is 12.6. The Labute approximate surface area is 169 Å². The van der Waals surface area contributed by atoms with Gasteiger partial charge in [0.1, 0.15) is 5.82 Å². The third-order valence-corrected chi connectivity index (χ3v) is 6.21. The number of hydrogen-bond donors (Lipinski definition) is 2. The van der Waals surface area contributed by atoms with Crippen LogP contribution in [0.15, 0.2) is 54.9 Å². The Morgan fingerprint density at radius 2 is 1.93 bits per heavy atom. The maximum Gasteiger partial charge on any atom is 0.252 e. The van der Waals surface area contributed by atoms with Gasteiger partial charge in [0.25, 0.3) is 5.91 Å². The van der Waals surface area contributed by atoms with Crippen molar-refractivity contribution in [3.05, 3.63) is 66.0 Å². The number of pyridine rings is 1. The third kappa shape index (κ3) is 3.39. The maximum atomic E-state index is 12.6. The topological polar surface area (TPSA) is 76.0 Å². The van der Waals surface area contributed by atoms with Crippen molar-refractivity contribution in [3.8, 4) is 11.4 Å². The van der Waals surface area contributed by atoms with Crippen molar-refractivity contribution in [1.29, 1.82) is 0 Å². The number of hydrogen-bond acceptors (Lipinski definition) is 3. The van der Waals surface area contributed by atoms with E-state index in [9.17, 15) is 9.59 Å². The standard InChI is InChI=1S/C23H24N4O2/c28-21(14-20-18-5-1-2-6-19(18)23(29)26-20)25-16-7-9-17(10-8-16)27-13-3-4-15-11-12-24-22(15)27/h1-6,11-13,16-17,20H,7-10,14H2,(H,25,28)(H,26,29). The Morgan fingerprint density at radius 1 is 1.10 bits per heavy atom. The molecule has 0 spiro atoms. The van der Waals surface area contributed by atoms with Gasteiger partial charge in [-0.25, -0.2) is 4.98 Å². The predicted octanol–water partition coefficient (Wildman–Crippen LogP) is 3.46. The van der Waals surface area contributed by atoms with Gasteiger partial charge in [-0.1, -0.05) is 18.2 Å². The first-order valence-electron chi connectivity index (χ1n) is 10.3. The summed E-state index contributed by atoms with van der Waals surface area (Å²) >= 11 is 0. The number of nitrogens with zero attached hydrogens (tertiary/aromatic N) is 2. The molecule has 3 aliphatic heterocycles. The van der Waals surface area contributed by atoms with Crippen molar-refractivity contribution < 1.29 is 9.59 Å². The molecule has 5 rings (SSSR count). The number of rotatable bonds is 4. The van der Waals surface area contributed by atoms with E-state index in [1.807, 2.05) is 36.5 Å². The summed E-state index contributed by atoms with van der Waals surface area (Å²) in [6, 6.07) is 14.1. The molecule has 1 unspecified atom stereocenters. The van der Waals surface area contributed by atoms with Gasteiger partial charge in [-0.3, -0.25) is 9.59 Å². The molecule has 2 N–H and O–H groups in total. The molecule has 148 valence electrons. The lowest BCUT2D eigenvalue weighted by Gasteiger charge is -2.32. The van der Waals surface area contributed by atoms with Crippen molar-refractivity contribution >= 4 is 11.8 Å². The van der Waals surface area contributed by atoms with Crippen molar-refractivity contribution in [1.82, 2.24) is 20.2 Å². The summed E-state index contributed by atoms with van der Waals surface area (Å²) in [5.41, 5.74) is 2.77. The predicted molar refractivity (Wildman–Crippen MR) is 110 cm³/mol. The summed E-state index contributed by atoms with van der Waals surface area (Å²) in [6.07, 6.45) is 8.19. The molecule has 6 nitrogen and oxygen atoms in total. The van der Waals surface area contributed by atoms with Crippen molar-refractivity contribution in [2.45, 2.75) is 50.2 Å². The first-order chi connectivity index (χ1) is 14.2. The second-order valence-corrected chi connectivity index (χ2v) is 8.03. The Morgan fingerprint density at radius 3 is 2.79 bits per heavy atom. The van der Waals surface area contributed by atoms with Crippen LogP contribution in [-0.2, 0) is 4.79 Å². The van der Waals surface area contributed by atoms with Crippen molar-refractivity contribution in [3.63, 3.8) is 0 Å². The number of amides is 2. The second kappa shape index (κ2) is 7.35. The van der Waals surface area contributed by atoms with Gasteiger partial charge < -0.3 is 15.2 Å². The zero-order valence-electron chi connectivity index (χ0n) is 16.2. The van der Waals surface area contributed by atoms with Gasteiger partial charge in [0.05, 0.1) is 12.5 Å². The molecule has 2 amide bonds. The van der Waals surface area contributed by atoms with Crippen molar-refractivity contribution in [2.24, 2.45) is 0 Å². The van der Waals surface area contributed by atoms with Crippen LogP contribution >= 0.6 is 0 Å². The highest BCUT2D eigenvalue weighted by Gasteiger charge is 2.31. The molecule has 4 aliphatic rings. The Hall–Kier alpha value is -3.15. The molecule has 1 aromatic rings. The highest BCUT2D eigenvalue weighted by molar-refractivity contribution is 5.99. The molecule has 1 atom stereocenters. The molecule has 1 aliphatic carbocycles. The fraction of sp³-hybridized carbons (Fsp3) is 0.348. The monoisotopic (exact) mass is 388 g/mol. The average molecular weight is 388 g/mol. The van der Waals surface area contributed by atoms with E-state index in [2.05, 4.69) is 38.5 Å². The highest BCUT2D eigenvalue weighted by Crippen LogP contribution is 2.33. The second-order valence-electron chi connectivity index (χ2n) is 8.03. The van der Waals surface area contributed by atoms with Gasteiger partial charge in [-0.05, 0) is 55.5 Å². The van der Waals surface area contributed by atoms with E-state index in [1.54, 1.807) is 0 Å². The van der Waals surface area contributed by atoms with Crippen LogP contribution in [0.2, 0.25) is 0 Å².